The lowest BCUT2D eigenvalue weighted by Gasteiger charge is -2.28. The Hall–Kier alpha value is -1.36. The van der Waals surface area contributed by atoms with Crippen LogP contribution < -0.4 is 5.69 Å². The molecule has 2 fully saturated rings. The van der Waals surface area contributed by atoms with Crippen molar-refractivity contribution in [3.8, 4) is 0 Å². The van der Waals surface area contributed by atoms with E-state index in [0.29, 0.717) is 16.6 Å². The first-order valence-corrected chi connectivity index (χ1v) is 7.17. The van der Waals surface area contributed by atoms with Crippen LogP contribution in [0.25, 0.3) is 11.2 Å². The molecule has 2 aromatic heterocycles. The van der Waals surface area contributed by atoms with Gasteiger partial charge in [0.05, 0.1) is 6.20 Å². The van der Waals surface area contributed by atoms with Crippen molar-refractivity contribution >= 4 is 22.8 Å². The second kappa shape index (κ2) is 3.82. The molecule has 0 saturated heterocycles. The Morgan fingerprint density at radius 1 is 1.32 bits per heavy atom. The minimum absolute atomic E-state index is 0.0942. The molecule has 6 heteroatoms. The maximum Gasteiger partial charge on any atom is 0.327 e. The Bertz CT molecular complexity index is 690. The molecule has 2 heterocycles. The number of halogens is 1. The number of nitrogens with one attached hydrogen (secondary N) is 1. The maximum atomic E-state index is 12.1. The van der Waals surface area contributed by atoms with Crippen LogP contribution in [0.3, 0.4) is 0 Å². The summed E-state index contributed by atoms with van der Waals surface area (Å²) in [5.41, 5.74) is 1.84. The van der Waals surface area contributed by atoms with Crippen LogP contribution in [0.5, 0.6) is 0 Å². The van der Waals surface area contributed by atoms with Crippen molar-refractivity contribution < 1.29 is 0 Å². The standard InChI is InChI=1S/C13H15ClN4O/c14-11-15-7-9-10(17-11)18(12(19)16-9)8-1-3-13(4-2-8)5-6-13/h7-8H,1-6H2,(H,16,19). The number of imidazole rings is 1. The van der Waals surface area contributed by atoms with E-state index in [2.05, 4.69) is 15.0 Å². The summed E-state index contributed by atoms with van der Waals surface area (Å²) in [6.45, 7) is 0. The zero-order valence-corrected chi connectivity index (χ0v) is 11.3. The largest absolute Gasteiger partial charge is 0.327 e. The Balaban J connectivity index is 1.75. The van der Waals surface area contributed by atoms with E-state index in [-0.39, 0.29) is 17.0 Å². The lowest BCUT2D eigenvalue weighted by atomic mass is 9.83. The van der Waals surface area contributed by atoms with Gasteiger partial charge < -0.3 is 4.98 Å². The second-order valence-electron chi connectivity index (χ2n) is 5.91. The minimum Gasteiger partial charge on any atom is -0.303 e. The number of aromatic amines is 1. The molecule has 2 saturated carbocycles. The fraction of sp³-hybridized carbons (Fsp3) is 0.615. The molecular formula is C13H15ClN4O. The lowest BCUT2D eigenvalue weighted by molar-refractivity contribution is 0.257. The van der Waals surface area contributed by atoms with Crippen molar-refractivity contribution in [3.63, 3.8) is 0 Å². The molecule has 19 heavy (non-hydrogen) atoms. The van der Waals surface area contributed by atoms with Gasteiger partial charge in [-0.3, -0.25) is 4.57 Å². The van der Waals surface area contributed by atoms with E-state index >= 15 is 0 Å². The van der Waals surface area contributed by atoms with Gasteiger partial charge in [-0.2, -0.15) is 4.98 Å². The molecule has 0 amide bonds. The number of H-pyrrole nitrogens is 1. The summed E-state index contributed by atoms with van der Waals surface area (Å²) >= 11 is 5.84. The predicted octanol–water partition coefficient (Wildman–Crippen LogP) is 2.67. The van der Waals surface area contributed by atoms with Gasteiger partial charge in [0.1, 0.15) is 5.52 Å². The van der Waals surface area contributed by atoms with Crippen molar-refractivity contribution in [2.75, 3.05) is 0 Å². The molecule has 0 bridgehead atoms. The third-order valence-electron chi connectivity index (χ3n) is 4.77. The van der Waals surface area contributed by atoms with Gasteiger partial charge in [0.15, 0.2) is 5.65 Å². The summed E-state index contributed by atoms with van der Waals surface area (Å²) in [5.74, 6) is 0. The Labute approximate surface area is 115 Å². The third-order valence-corrected chi connectivity index (χ3v) is 4.95. The van der Waals surface area contributed by atoms with Crippen molar-refractivity contribution in [1.29, 1.82) is 0 Å². The minimum atomic E-state index is -0.0942. The molecule has 2 aliphatic carbocycles. The lowest BCUT2D eigenvalue weighted by Crippen LogP contribution is -2.26. The SMILES string of the molecule is O=c1[nH]c2cnc(Cl)nc2n1C1CCC2(CC1)CC2. The molecule has 100 valence electrons. The van der Waals surface area contributed by atoms with Crippen LogP contribution in [0, 0.1) is 5.41 Å². The fourth-order valence-corrected chi connectivity index (χ4v) is 3.51. The quantitative estimate of drug-likeness (QED) is 0.816. The summed E-state index contributed by atoms with van der Waals surface area (Å²) in [6.07, 6.45) is 8.91. The van der Waals surface area contributed by atoms with Crippen LogP contribution in [0.15, 0.2) is 11.0 Å². The Morgan fingerprint density at radius 3 is 2.74 bits per heavy atom. The summed E-state index contributed by atoms with van der Waals surface area (Å²) in [5, 5.41) is 0.190. The average Bonchev–Trinajstić information content (AvgIpc) is 3.07. The molecule has 0 aromatic carbocycles. The van der Waals surface area contributed by atoms with E-state index < -0.39 is 0 Å². The number of hydrogen-bond donors (Lipinski definition) is 1. The number of rotatable bonds is 1. The molecule has 2 aromatic rings. The number of aromatic nitrogens is 4. The molecule has 1 spiro atoms. The first kappa shape index (κ1) is 11.5. The van der Waals surface area contributed by atoms with Gasteiger partial charge in [-0.1, -0.05) is 0 Å². The molecule has 4 rings (SSSR count). The average molecular weight is 279 g/mol. The van der Waals surface area contributed by atoms with Gasteiger partial charge in [-0.05, 0) is 55.5 Å². The van der Waals surface area contributed by atoms with Crippen LogP contribution >= 0.6 is 11.6 Å². The number of fused-ring (bicyclic) bond motifs is 1. The van der Waals surface area contributed by atoms with Crippen molar-refractivity contribution in [2.45, 2.75) is 44.6 Å². The van der Waals surface area contributed by atoms with Gasteiger partial charge in [0.2, 0.25) is 5.28 Å². The summed E-state index contributed by atoms with van der Waals surface area (Å²) < 4.78 is 1.78. The van der Waals surface area contributed by atoms with Crippen LogP contribution in [0.1, 0.15) is 44.6 Å². The molecule has 1 N–H and O–H groups in total. The highest BCUT2D eigenvalue weighted by Gasteiger charge is 2.45. The van der Waals surface area contributed by atoms with E-state index in [1.807, 2.05) is 0 Å². The molecular weight excluding hydrogens is 264 g/mol. The normalized spacial score (nSPS) is 22.2. The van der Waals surface area contributed by atoms with Crippen LogP contribution in [0.2, 0.25) is 5.28 Å². The van der Waals surface area contributed by atoms with Crippen molar-refractivity contribution in [2.24, 2.45) is 5.41 Å². The molecule has 0 aliphatic heterocycles. The van der Waals surface area contributed by atoms with Gasteiger partial charge >= 0.3 is 5.69 Å². The van der Waals surface area contributed by atoms with E-state index in [9.17, 15) is 4.79 Å². The van der Waals surface area contributed by atoms with Crippen molar-refractivity contribution in [1.82, 2.24) is 19.5 Å². The highest BCUT2D eigenvalue weighted by atomic mass is 35.5. The predicted molar refractivity (Wildman–Crippen MR) is 72.3 cm³/mol. The van der Waals surface area contributed by atoms with Gasteiger partial charge in [0, 0.05) is 6.04 Å². The van der Waals surface area contributed by atoms with Crippen LogP contribution in [0.4, 0.5) is 0 Å². The smallest absolute Gasteiger partial charge is 0.303 e. The van der Waals surface area contributed by atoms with Crippen molar-refractivity contribution in [3.05, 3.63) is 22.0 Å². The third kappa shape index (κ3) is 1.79. The summed E-state index contributed by atoms with van der Waals surface area (Å²) in [4.78, 5) is 23.1. The Morgan fingerprint density at radius 2 is 2.05 bits per heavy atom. The van der Waals surface area contributed by atoms with E-state index in [1.165, 1.54) is 25.7 Å². The first-order valence-electron chi connectivity index (χ1n) is 6.80. The molecule has 5 nitrogen and oxygen atoms in total. The highest BCUT2D eigenvalue weighted by Crippen LogP contribution is 2.57. The van der Waals surface area contributed by atoms with E-state index in [1.54, 1.807) is 10.8 Å². The zero-order valence-electron chi connectivity index (χ0n) is 10.5. The van der Waals surface area contributed by atoms with Crippen LogP contribution in [-0.2, 0) is 0 Å². The monoisotopic (exact) mass is 278 g/mol. The molecule has 2 aliphatic rings. The number of nitrogens with zero attached hydrogens (tertiary/aromatic N) is 3. The van der Waals surface area contributed by atoms with Gasteiger partial charge in [0.25, 0.3) is 0 Å². The maximum absolute atomic E-state index is 12.1. The zero-order chi connectivity index (χ0) is 13.0. The molecule has 0 atom stereocenters. The number of hydrogen-bond acceptors (Lipinski definition) is 3. The van der Waals surface area contributed by atoms with Gasteiger partial charge in [-0.25, -0.2) is 9.78 Å². The summed E-state index contributed by atoms with van der Waals surface area (Å²) in [6, 6.07) is 0.249. The van der Waals surface area contributed by atoms with Gasteiger partial charge in [-0.15, -0.1) is 0 Å². The summed E-state index contributed by atoms with van der Waals surface area (Å²) in [7, 11) is 0. The Kier molecular flexibility index (Phi) is 2.31. The van der Waals surface area contributed by atoms with E-state index in [0.717, 1.165) is 12.8 Å². The first-order chi connectivity index (χ1) is 9.17. The fourth-order valence-electron chi connectivity index (χ4n) is 3.38. The topological polar surface area (TPSA) is 63.6 Å². The molecule has 0 radical (unpaired) electrons. The van der Waals surface area contributed by atoms with E-state index in [4.69, 9.17) is 11.6 Å². The molecule has 0 unspecified atom stereocenters. The van der Waals surface area contributed by atoms with Crippen LogP contribution in [-0.4, -0.2) is 19.5 Å². The highest BCUT2D eigenvalue weighted by molar-refractivity contribution is 6.28. The second-order valence-corrected chi connectivity index (χ2v) is 6.25.